The molecule has 1 aliphatic heterocycles. The fourth-order valence-electron chi connectivity index (χ4n) is 2.16. The summed E-state index contributed by atoms with van der Waals surface area (Å²) < 4.78 is 23.8. The van der Waals surface area contributed by atoms with E-state index < -0.39 is 0 Å². The summed E-state index contributed by atoms with van der Waals surface area (Å²) in [5.74, 6) is 0.0614. The van der Waals surface area contributed by atoms with Gasteiger partial charge in [-0.25, -0.2) is 4.39 Å². The number of ether oxygens (including phenoxy) is 1. The molecule has 1 saturated heterocycles. The Labute approximate surface area is 120 Å². The molecule has 0 saturated carbocycles. The molecule has 106 valence electrons. The molecule has 20 heavy (non-hydrogen) atoms. The quantitative estimate of drug-likeness (QED) is 0.848. The molecule has 0 radical (unpaired) electrons. The van der Waals surface area contributed by atoms with Gasteiger partial charge in [-0.05, 0) is 43.3 Å². The normalized spacial score (nSPS) is 18.4. The van der Waals surface area contributed by atoms with E-state index in [0.29, 0.717) is 28.4 Å². The van der Waals surface area contributed by atoms with Crippen LogP contribution in [0.15, 0.2) is 22.7 Å². The molecule has 1 unspecified atom stereocenters. The van der Waals surface area contributed by atoms with Gasteiger partial charge in [0.15, 0.2) is 16.5 Å². The van der Waals surface area contributed by atoms with Crippen molar-refractivity contribution in [3.63, 3.8) is 0 Å². The number of nitrogens with zero attached hydrogens (tertiary/aromatic N) is 1. The van der Waals surface area contributed by atoms with Crippen LogP contribution in [-0.2, 0) is 4.74 Å². The van der Waals surface area contributed by atoms with E-state index in [-0.39, 0.29) is 11.9 Å². The van der Waals surface area contributed by atoms with Gasteiger partial charge in [-0.3, -0.25) is 0 Å². The zero-order chi connectivity index (χ0) is 13.9. The first kappa shape index (κ1) is 13.3. The summed E-state index contributed by atoms with van der Waals surface area (Å²) >= 11 is 5.18. The Morgan fingerprint density at radius 1 is 1.50 bits per heavy atom. The number of halogens is 1. The first-order valence-corrected chi connectivity index (χ1v) is 6.84. The van der Waals surface area contributed by atoms with Gasteiger partial charge in [-0.15, -0.1) is 0 Å². The Kier molecular flexibility index (Phi) is 3.79. The maximum absolute atomic E-state index is 13.2. The van der Waals surface area contributed by atoms with Crippen LogP contribution in [0.2, 0.25) is 0 Å². The van der Waals surface area contributed by atoms with Gasteiger partial charge in [-0.1, -0.05) is 5.16 Å². The Morgan fingerprint density at radius 2 is 2.40 bits per heavy atom. The molecule has 1 atom stereocenters. The van der Waals surface area contributed by atoms with Crippen molar-refractivity contribution in [3.8, 4) is 0 Å². The number of aromatic nitrogens is 1. The lowest BCUT2D eigenvalue weighted by atomic mass is 10.2. The van der Waals surface area contributed by atoms with Gasteiger partial charge < -0.3 is 19.9 Å². The van der Waals surface area contributed by atoms with Crippen LogP contribution in [0.3, 0.4) is 0 Å². The molecular weight excluding hydrogens is 281 g/mol. The highest BCUT2D eigenvalue weighted by Gasteiger charge is 2.16. The van der Waals surface area contributed by atoms with Crippen molar-refractivity contribution in [2.45, 2.75) is 18.9 Å². The highest BCUT2D eigenvalue weighted by atomic mass is 32.1. The number of nitrogens with one attached hydrogen (secondary N) is 2. The molecule has 2 aromatic rings. The fourth-order valence-corrected chi connectivity index (χ4v) is 2.34. The number of fused-ring (bicyclic) bond motifs is 1. The van der Waals surface area contributed by atoms with Crippen molar-refractivity contribution in [2.75, 3.05) is 18.5 Å². The van der Waals surface area contributed by atoms with Crippen LogP contribution in [0.4, 0.5) is 10.2 Å². The van der Waals surface area contributed by atoms with Crippen molar-refractivity contribution in [1.29, 1.82) is 0 Å². The van der Waals surface area contributed by atoms with E-state index in [1.54, 1.807) is 0 Å². The maximum atomic E-state index is 13.2. The predicted octanol–water partition coefficient (Wildman–Crippen LogP) is 2.43. The highest BCUT2D eigenvalue weighted by Crippen LogP contribution is 2.23. The van der Waals surface area contributed by atoms with Gasteiger partial charge in [0.1, 0.15) is 5.82 Å². The van der Waals surface area contributed by atoms with E-state index in [2.05, 4.69) is 15.8 Å². The monoisotopic (exact) mass is 295 g/mol. The second kappa shape index (κ2) is 5.72. The molecule has 1 aromatic carbocycles. The summed E-state index contributed by atoms with van der Waals surface area (Å²) in [6.07, 6.45) is 2.31. The van der Waals surface area contributed by atoms with Crippen molar-refractivity contribution < 1.29 is 13.7 Å². The molecule has 0 bridgehead atoms. The number of hydrogen-bond acceptors (Lipinski definition) is 4. The lowest BCUT2D eigenvalue weighted by Gasteiger charge is -2.12. The second-order valence-corrected chi connectivity index (χ2v) is 5.05. The Balaban J connectivity index is 1.63. The fraction of sp³-hybridized carbons (Fsp3) is 0.385. The van der Waals surface area contributed by atoms with Gasteiger partial charge in [0.05, 0.1) is 11.5 Å². The van der Waals surface area contributed by atoms with Crippen LogP contribution >= 0.6 is 12.2 Å². The molecule has 5 nitrogen and oxygen atoms in total. The van der Waals surface area contributed by atoms with Crippen molar-refractivity contribution in [1.82, 2.24) is 10.5 Å². The largest absolute Gasteiger partial charge is 0.376 e. The molecule has 0 amide bonds. The molecule has 2 heterocycles. The third-order valence-electron chi connectivity index (χ3n) is 3.18. The Morgan fingerprint density at radius 3 is 3.20 bits per heavy atom. The van der Waals surface area contributed by atoms with Crippen LogP contribution in [0.1, 0.15) is 12.8 Å². The smallest absolute Gasteiger partial charge is 0.183 e. The van der Waals surface area contributed by atoms with Gasteiger partial charge in [0.2, 0.25) is 0 Å². The van der Waals surface area contributed by atoms with Crippen molar-refractivity contribution in [3.05, 3.63) is 24.0 Å². The minimum absolute atomic E-state index is 0.196. The average molecular weight is 295 g/mol. The molecule has 3 rings (SSSR count). The number of thiocarbonyl (C=S) groups is 1. The lowest BCUT2D eigenvalue weighted by molar-refractivity contribution is 0.114. The van der Waals surface area contributed by atoms with Crippen LogP contribution in [-0.4, -0.2) is 29.5 Å². The minimum atomic E-state index is -0.345. The van der Waals surface area contributed by atoms with Crippen LogP contribution < -0.4 is 10.6 Å². The maximum Gasteiger partial charge on any atom is 0.183 e. The summed E-state index contributed by atoms with van der Waals surface area (Å²) in [4.78, 5) is 0. The van der Waals surface area contributed by atoms with Crippen LogP contribution in [0, 0.1) is 5.82 Å². The molecule has 0 spiro atoms. The third kappa shape index (κ3) is 2.88. The van der Waals surface area contributed by atoms with E-state index >= 15 is 0 Å². The average Bonchev–Trinajstić information content (AvgIpc) is 3.07. The zero-order valence-corrected chi connectivity index (χ0v) is 11.5. The van der Waals surface area contributed by atoms with Gasteiger partial charge in [0, 0.05) is 13.2 Å². The van der Waals surface area contributed by atoms with E-state index in [1.165, 1.54) is 18.2 Å². The third-order valence-corrected chi connectivity index (χ3v) is 3.42. The molecule has 1 aliphatic rings. The first-order chi connectivity index (χ1) is 9.72. The molecule has 1 aromatic heterocycles. The predicted molar refractivity (Wildman–Crippen MR) is 77.2 cm³/mol. The lowest BCUT2D eigenvalue weighted by Crippen LogP contribution is -2.34. The Bertz CT molecular complexity index is 625. The number of anilines is 1. The minimum Gasteiger partial charge on any atom is -0.376 e. The van der Waals surface area contributed by atoms with Crippen molar-refractivity contribution >= 4 is 34.1 Å². The van der Waals surface area contributed by atoms with E-state index in [9.17, 15) is 4.39 Å². The number of rotatable bonds is 3. The van der Waals surface area contributed by atoms with E-state index in [4.69, 9.17) is 21.5 Å². The Hall–Kier alpha value is -1.73. The van der Waals surface area contributed by atoms with Crippen molar-refractivity contribution in [2.24, 2.45) is 0 Å². The van der Waals surface area contributed by atoms with Crippen LogP contribution in [0.5, 0.6) is 0 Å². The van der Waals surface area contributed by atoms with E-state index in [0.717, 1.165) is 19.4 Å². The summed E-state index contributed by atoms with van der Waals surface area (Å²) in [6, 6.07) is 4.22. The number of hydrogen-bond donors (Lipinski definition) is 2. The highest BCUT2D eigenvalue weighted by molar-refractivity contribution is 7.80. The van der Waals surface area contributed by atoms with Crippen LogP contribution in [0.25, 0.3) is 11.0 Å². The molecule has 7 heteroatoms. The zero-order valence-electron chi connectivity index (χ0n) is 10.7. The standard InChI is InChI=1S/C13H14FN3O2S/c14-8-3-4-11-10(6-8)12(17-19-11)16-13(20)15-7-9-2-1-5-18-9/h3-4,6,9H,1-2,5,7H2,(H2,15,16,17,20). The van der Waals surface area contributed by atoms with Gasteiger partial charge >= 0.3 is 0 Å². The van der Waals surface area contributed by atoms with Gasteiger partial charge in [0.25, 0.3) is 0 Å². The first-order valence-electron chi connectivity index (χ1n) is 6.44. The summed E-state index contributed by atoms with van der Waals surface area (Å²) in [7, 11) is 0. The topological polar surface area (TPSA) is 59.3 Å². The van der Waals surface area contributed by atoms with E-state index in [1.807, 2.05) is 0 Å². The molecule has 2 N–H and O–H groups in total. The SMILES string of the molecule is Fc1ccc2onc(NC(=S)NCC3CCCO3)c2c1. The number of benzene rings is 1. The molecular formula is C13H14FN3O2S. The second-order valence-electron chi connectivity index (χ2n) is 4.64. The summed E-state index contributed by atoms with van der Waals surface area (Å²) in [6.45, 7) is 1.45. The molecule has 0 aliphatic carbocycles. The summed E-state index contributed by atoms with van der Waals surface area (Å²) in [5.41, 5.74) is 0.510. The molecule has 1 fully saturated rings. The summed E-state index contributed by atoms with van der Waals surface area (Å²) in [5, 5.41) is 10.8. The van der Waals surface area contributed by atoms with Gasteiger partial charge in [-0.2, -0.15) is 0 Å².